The summed E-state index contributed by atoms with van der Waals surface area (Å²) in [5.41, 5.74) is 2.18. The summed E-state index contributed by atoms with van der Waals surface area (Å²) < 4.78 is 12.2. The third kappa shape index (κ3) is 5.72. The van der Waals surface area contributed by atoms with Gasteiger partial charge in [-0.3, -0.25) is 4.68 Å². The molecule has 1 rings (SSSR count). The van der Waals surface area contributed by atoms with Crippen molar-refractivity contribution in [2.24, 2.45) is 0 Å². The smallest absolute Gasteiger partial charge is 0.0700 e. The van der Waals surface area contributed by atoms with E-state index in [0.717, 1.165) is 24.4 Å². The number of aliphatic hydroxyl groups is 1. The average molecular weight is 270 g/mol. The number of hydrogen-bond acceptors (Lipinski definition) is 4. The van der Waals surface area contributed by atoms with E-state index >= 15 is 0 Å². The Balaban J connectivity index is 2.34. The Morgan fingerprint density at radius 3 is 2.74 bits per heavy atom. The molecule has 5 nitrogen and oxygen atoms in total. The molecular weight excluding hydrogens is 244 g/mol. The molecular formula is C14H26N2O3. The highest BCUT2D eigenvalue weighted by molar-refractivity contribution is 5.11. The molecule has 0 fully saturated rings. The van der Waals surface area contributed by atoms with Gasteiger partial charge in [-0.2, -0.15) is 5.10 Å². The Kier molecular flexibility index (Phi) is 7.70. The van der Waals surface area contributed by atoms with Gasteiger partial charge in [0.2, 0.25) is 0 Å². The number of rotatable bonds is 10. The zero-order valence-corrected chi connectivity index (χ0v) is 12.3. The minimum absolute atomic E-state index is 0.380. The molecule has 19 heavy (non-hydrogen) atoms. The molecule has 0 saturated heterocycles. The van der Waals surface area contributed by atoms with Gasteiger partial charge >= 0.3 is 0 Å². The lowest BCUT2D eigenvalue weighted by Crippen LogP contribution is -2.17. The summed E-state index contributed by atoms with van der Waals surface area (Å²) in [6.07, 6.45) is 1.82. The SMILES string of the molecule is CCc1cc(CC(O)CCOCCOC)n(CC)n1. The van der Waals surface area contributed by atoms with E-state index in [4.69, 9.17) is 9.47 Å². The molecule has 1 aromatic heterocycles. The fourth-order valence-electron chi connectivity index (χ4n) is 1.93. The van der Waals surface area contributed by atoms with E-state index in [1.165, 1.54) is 0 Å². The Bertz CT molecular complexity index is 352. The number of hydrogen-bond donors (Lipinski definition) is 1. The molecule has 0 aromatic carbocycles. The highest BCUT2D eigenvalue weighted by atomic mass is 16.5. The van der Waals surface area contributed by atoms with E-state index in [1.54, 1.807) is 7.11 Å². The Morgan fingerprint density at radius 2 is 2.11 bits per heavy atom. The Morgan fingerprint density at radius 1 is 1.32 bits per heavy atom. The van der Waals surface area contributed by atoms with Crippen LogP contribution in [0.2, 0.25) is 0 Å². The number of aromatic nitrogens is 2. The third-order valence-corrected chi connectivity index (χ3v) is 3.05. The van der Waals surface area contributed by atoms with Crippen molar-refractivity contribution >= 4 is 0 Å². The molecule has 0 radical (unpaired) electrons. The monoisotopic (exact) mass is 270 g/mol. The lowest BCUT2D eigenvalue weighted by atomic mass is 10.1. The van der Waals surface area contributed by atoms with Crippen molar-refractivity contribution in [3.8, 4) is 0 Å². The number of nitrogens with zero attached hydrogens (tertiary/aromatic N) is 2. The number of ether oxygens (including phenoxy) is 2. The summed E-state index contributed by atoms with van der Waals surface area (Å²) in [6, 6.07) is 2.08. The van der Waals surface area contributed by atoms with Crippen LogP contribution in [0.25, 0.3) is 0 Å². The molecule has 1 atom stereocenters. The van der Waals surface area contributed by atoms with Crippen molar-refractivity contribution in [3.05, 3.63) is 17.5 Å². The lowest BCUT2D eigenvalue weighted by molar-refractivity contribution is 0.0475. The third-order valence-electron chi connectivity index (χ3n) is 3.05. The minimum atomic E-state index is -0.380. The summed E-state index contributed by atoms with van der Waals surface area (Å²) in [5, 5.41) is 14.5. The molecule has 1 unspecified atom stereocenters. The number of methoxy groups -OCH3 is 1. The van der Waals surface area contributed by atoms with Crippen LogP contribution in [0, 0.1) is 0 Å². The van der Waals surface area contributed by atoms with Crippen LogP contribution in [0.4, 0.5) is 0 Å². The Labute approximate surface area is 115 Å². The largest absolute Gasteiger partial charge is 0.393 e. The molecule has 1 aromatic rings. The van der Waals surface area contributed by atoms with E-state index in [0.29, 0.717) is 32.7 Å². The first kappa shape index (κ1) is 16.1. The zero-order valence-electron chi connectivity index (χ0n) is 12.3. The van der Waals surface area contributed by atoms with Gasteiger partial charge < -0.3 is 14.6 Å². The van der Waals surface area contributed by atoms with E-state index in [2.05, 4.69) is 25.0 Å². The van der Waals surface area contributed by atoms with Gasteiger partial charge in [0.25, 0.3) is 0 Å². The first-order valence-corrected chi connectivity index (χ1v) is 7.01. The van der Waals surface area contributed by atoms with Crippen molar-refractivity contribution in [2.45, 2.75) is 45.8 Å². The van der Waals surface area contributed by atoms with E-state index < -0.39 is 0 Å². The molecule has 1 N–H and O–H groups in total. The summed E-state index contributed by atoms with van der Waals surface area (Å²) in [7, 11) is 1.65. The van der Waals surface area contributed by atoms with Crippen molar-refractivity contribution in [2.75, 3.05) is 26.9 Å². The van der Waals surface area contributed by atoms with E-state index in [-0.39, 0.29) is 6.10 Å². The molecule has 110 valence electrons. The summed E-state index contributed by atoms with van der Waals surface area (Å²) in [5.74, 6) is 0. The summed E-state index contributed by atoms with van der Waals surface area (Å²) in [4.78, 5) is 0. The highest BCUT2D eigenvalue weighted by Crippen LogP contribution is 2.10. The van der Waals surface area contributed by atoms with Crippen molar-refractivity contribution in [1.29, 1.82) is 0 Å². The van der Waals surface area contributed by atoms with Crippen LogP contribution in [0.3, 0.4) is 0 Å². The summed E-state index contributed by atoms with van der Waals surface area (Å²) >= 11 is 0. The Hall–Kier alpha value is -0.910. The quantitative estimate of drug-likeness (QED) is 0.653. The van der Waals surface area contributed by atoms with Gasteiger partial charge in [0.15, 0.2) is 0 Å². The molecule has 0 aliphatic rings. The lowest BCUT2D eigenvalue weighted by Gasteiger charge is -2.11. The average Bonchev–Trinajstić information content (AvgIpc) is 2.80. The summed E-state index contributed by atoms with van der Waals surface area (Å²) in [6.45, 7) is 6.73. The predicted molar refractivity (Wildman–Crippen MR) is 74.3 cm³/mol. The van der Waals surface area contributed by atoms with Gasteiger partial charge in [0, 0.05) is 32.4 Å². The van der Waals surface area contributed by atoms with Gasteiger partial charge in [-0.25, -0.2) is 0 Å². The van der Waals surface area contributed by atoms with Crippen molar-refractivity contribution in [3.63, 3.8) is 0 Å². The molecule has 1 heterocycles. The molecule has 5 heteroatoms. The topological polar surface area (TPSA) is 56.5 Å². The molecule has 0 aliphatic heterocycles. The maximum Gasteiger partial charge on any atom is 0.0700 e. The molecule has 0 bridgehead atoms. The molecule has 0 spiro atoms. The van der Waals surface area contributed by atoms with Crippen LogP contribution in [0.1, 0.15) is 31.7 Å². The maximum absolute atomic E-state index is 10.0. The van der Waals surface area contributed by atoms with Crippen LogP contribution < -0.4 is 0 Å². The first-order chi connectivity index (χ1) is 9.21. The standard InChI is InChI=1S/C14H26N2O3/c1-4-12-10-13(16(5-2)15-12)11-14(17)6-7-19-9-8-18-3/h10,14,17H,4-9,11H2,1-3H3. The number of aliphatic hydroxyl groups excluding tert-OH is 1. The van der Waals surface area contributed by atoms with Crippen LogP contribution in [0.15, 0.2) is 6.07 Å². The maximum atomic E-state index is 10.0. The highest BCUT2D eigenvalue weighted by Gasteiger charge is 2.11. The molecule has 0 saturated carbocycles. The minimum Gasteiger partial charge on any atom is -0.393 e. The van der Waals surface area contributed by atoms with Gasteiger partial charge in [0.1, 0.15) is 0 Å². The molecule has 0 aliphatic carbocycles. The normalized spacial score (nSPS) is 12.8. The second-order valence-corrected chi connectivity index (χ2v) is 4.55. The van der Waals surface area contributed by atoms with Crippen molar-refractivity contribution < 1.29 is 14.6 Å². The van der Waals surface area contributed by atoms with Crippen LogP contribution >= 0.6 is 0 Å². The van der Waals surface area contributed by atoms with Crippen LogP contribution in [-0.2, 0) is 28.9 Å². The van der Waals surface area contributed by atoms with E-state index in [9.17, 15) is 5.11 Å². The fraction of sp³-hybridized carbons (Fsp3) is 0.786. The second kappa shape index (κ2) is 9.07. The number of aryl methyl sites for hydroxylation is 2. The van der Waals surface area contributed by atoms with Crippen molar-refractivity contribution in [1.82, 2.24) is 9.78 Å². The van der Waals surface area contributed by atoms with Crippen LogP contribution in [-0.4, -0.2) is 47.9 Å². The molecule has 0 amide bonds. The second-order valence-electron chi connectivity index (χ2n) is 4.55. The van der Waals surface area contributed by atoms with E-state index in [1.807, 2.05) is 4.68 Å². The van der Waals surface area contributed by atoms with Gasteiger partial charge in [-0.05, 0) is 25.8 Å². The van der Waals surface area contributed by atoms with Gasteiger partial charge in [-0.1, -0.05) is 6.92 Å². The fourth-order valence-corrected chi connectivity index (χ4v) is 1.93. The van der Waals surface area contributed by atoms with Gasteiger partial charge in [0.05, 0.1) is 25.0 Å². The van der Waals surface area contributed by atoms with Gasteiger partial charge in [-0.15, -0.1) is 0 Å². The predicted octanol–water partition coefficient (Wildman–Crippen LogP) is 1.42. The van der Waals surface area contributed by atoms with Crippen LogP contribution in [0.5, 0.6) is 0 Å². The first-order valence-electron chi connectivity index (χ1n) is 7.01. The zero-order chi connectivity index (χ0) is 14.1.